The molecule has 1 aliphatic rings. The van der Waals surface area contributed by atoms with Crippen LogP contribution in [0, 0.1) is 0 Å². The first-order valence-corrected chi connectivity index (χ1v) is 10.1. The lowest BCUT2D eigenvalue weighted by atomic mass is 9.86. The lowest BCUT2D eigenvalue weighted by Crippen LogP contribution is -2.33. The molecule has 1 unspecified atom stereocenters. The van der Waals surface area contributed by atoms with Crippen molar-refractivity contribution in [3.05, 3.63) is 63.9 Å². The van der Waals surface area contributed by atoms with Crippen LogP contribution in [-0.2, 0) is 11.8 Å². The molecular weight excluding hydrogens is 358 g/mol. The minimum absolute atomic E-state index is 0.0756. The molecule has 0 fully saturated rings. The van der Waals surface area contributed by atoms with Crippen LogP contribution in [0.1, 0.15) is 36.8 Å². The number of hydrogen-bond donors (Lipinski definition) is 1. The first kappa shape index (κ1) is 17.8. The Kier molecular flexibility index (Phi) is 4.74. The molecule has 138 valence electrons. The van der Waals surface area contributed by atoms with E-state index in [1.54, 1.807) is 0 Å². The quantitative estimate of drug-likeness (QED) is 0.551. The first-order valence-electron chi connectivity index (χ1n) is 9.10. The number of hydrogen-bond acceptors (Lipinski definition) is 4. The van der Waals surface area contributed by atoms with Crippen molar-refractivity contribution in [2.45, 2.75) is 30.8 Å². The van der Waals surface area contributed by atoms with E-state index in [2.05, 4.69) is 29.4 Å². The van der Waals surface area contributed by atoms with Crippen LogP contribution in [-0.4, -0.2) is 21.2 Å². The predicted molar refractivity (Wildman–Crippen MR) is 110 cm³/mol. The van der Waals surface area contributed by atoms with Gasteiger partial charge in [0.25, 0.3) is 5.56 Å². The molecule has 3 aromatic rings. The van der Waals surface area contributed by atoms with Crippen molar-refractivity contribution in [3.8, 4) is 0 Å². The summed E-state index contributed by atoms with van der Waals surface area (Å²) in [7, 11) is 1.85. The molecule has 0 saturated carbocycles. The zero-order chi connectivity index (χ0) is 19.0. The van der Waals surface area contributed by atoms with Gasteiger partial charge in [0.05, 0.1) is 5.56 Å². The summed E-state index contributed by atoms with van der Waals surface area (Å²) in [5.74, 6) is 1.09. The monoisotopic (exact) mass is 379 g/mol. The molecule has 5 nitrogen and oxygen atoms in total. The Morgan fingerprint density at radius 1 is 1.19 bits per heavy atom. The molecule has 1 amide bonds. The number of thioether (sulfide) groups is 1. The van der Waals surface area contributed by atoms with Gasteiger partial charge in [0.2, 0.25) is 5.91 Å². The Labute approximate surface area is 161 Å². The summed E-state index contributed by atoms with van der Waals surface area (Å²) in [6.07, 6.45) is 1.24. The molecule has 4 rings (SSSR count). The highest BCUT2D eigenvalue weighted by atomic mass is 32.2. The summed E-state index contributed by atoms with van der Waals surface area (Å²) in [6.45, 7) is 2.08. The largest absolute Gasteiger partial charge is 0.312 e. The summed E-state index contributed by atoms with van der Waals surface area (Å²) < 4.78 is 1.84. The molecule has 2 heterocycles. The lowest BCUT2D eigenvalue weighted by molar-refractivity contribution is -0.116. The van der Waals surface area contributed by atoms with Crippen LogP contribution in [0.4, 0.5) is 5.82 Å². The number of nitrogens with zero attached hydrogens (tertiary/aromatic N) is 2. The zero-order valence-corrected chi connectivity index (χ0v) is 16.2. The van der Waals surface area contributed by atoms with Crippen LogP contribution in [0.5, 0.6) is 0 Å². The summed E-state index contributed by atoms with van der Waals surface area (Å²) in [5, 5.41) is 5.77. The van der Waals surface area contributed by atoms with Gasteiger partial charge in [-0.3, -0.25) is 9.59 Å². The van der Waals surface area contributed by atoms with E-state index in [4.69, 9.17) is 0 Å². The average Bonchev–Trinajstić information content (AvgIpc) is 2.68. The van der Waals surface area contributed by atoms with Gasteiger partial charge in [0.1, 0.15) is 5.82 Å². The van der Waals surface area contributed by atoms with Crippen LogP contribution in [0.3, 0.4) is 0 Å². The van der Waals surface area contributed by atoms with Gasteiger partial charge in [0.15, 0.2) is 5.16 Å². The summed E-state index contributed by atoms with van der Waals surface area (Å²) in [5.41, 5.74) is 1.30. The second kappa shape index (κ2) is 7.19. The fourth-order valence-corrected chi connectivity index (χ4v) is 4.39. The summed E-state index contributed by atoms with van der Waals surface area (Å²) in [6, 6.07) is 14.2. The number of aromatic nitrogens is 2. The fraction of sp³-hybridized carbons (Fsp3) is 0.286. The summed E-state index contributed by atoms with van der Waals surface area (Å²) >= 11 is 1.53. The molecule has 1 atom stereocenters. The molecule has 0 spiro atoms. The van der Waals surface area contributed by atoms with Crippen molar-refractivity contribution >= 4 is 34.3 Å². The first-order chi connectivity index (χ1) is 13.1. The molecule has 0 radical (unpaired) electrons. The highest BCUT2D eigenvalue weighted by Crippen LogP contribution is 2.36. The number of carbonyl (C=O) groups is 1. The zero-order valence-electron chi connectivity index (χ0n) is 15.4. The van der Waals surface area contributed by atoms with Gasteiger partial charge in [0, 0.05) is 25.1 Å². The minimum atomic E-state index is -0.283. The second-order valence-electron chi connectivity index (χ2n) is 6.78. The van der Waals surface area contributed by atoms with E-state index in [1.807, 2.05) is 41.9 Å². The molecule has 1 aromatic heterocycles. The molecule has 27 heavy (non-hydrogen) atoms. The van der Waals surface area contributed by atoms with Gasteiger partial charge >= 0.3 is 0 Å². The summed E-state index contributed by atoms with van der Waals surface area (Å²) in [4.78, 5) is 29.6. The van der Waals surface area contributed by atoms with Crippen molar-refractivity contribution in [1.29, 1.82) is 0 Å². The van der Waals surface area contributed by atoms with Crippen molar-refractivity contribution in [1.82, 2.24) is 9.55 Å². The predicted octanol–water partition coefficient (Wildman–Crippen LogP) is 3.91. The number of rotatable bonds is 4. The average molecular weight is 379 g/mol. The van der Waals surface area contributed by atoms with Gasteiger partial charge in [-0.2, -0.15) is 4.98 Å². The normalized spacial score (nSPS) is 16.2. The van der Waals surface area contributed by atoms with E-state index in [9.17, 15) is 9.59 Å². The molecule has 1 aliphatic heterocycles. The Morgan fingerprint density at radius 2 is 1.96 bits per heavy atom. The maximum atomic E-state index is 12.9. The minimum Gasteiger partial charge on any atom is -0.312 e. The number of carbonyl (C=O) groups excluding carboxylic acids is 1. The van der Waals surface area contributed by atoms with E-state index in [1.165, 1.54) is 11.8 Å². The fourth-order valence-electron chi connectivity index (χ4n) is 3.57. The van der Waals surface area contributed by atoms with Crippen molar-refractivity contribution in [3.63, 3.8) is 0 Å². The van der Waals surface area contributed by atoms with E-state index >= 15 is 0 Å². The van der Waals surface area contributed by atoms with Gasteiger partial charge < -0.3 is 9.88 Å². The number of benzene rings is 2. The molecule has 2 aromatic carbocycles. The smallest absolute Gasteiger partial charge is 0.279 e. The maximum Gasteiger partial charge on any atom is 0.279 e. The van der Waals surface area contributed by atoms with E-state index in [0.717, 1.165) is 28.5 Å². The van der Waals surface area contributed by atoms with E-state index < -0.39 is 0 Å². The van der Waals surface area contributed by atoms with Crippen LogP contribution < -0.4 is 10.9 Å². The topological polar surface area (TPSA) is 64.0 Å². The van der Waals surface area contributed by atoms with Gasteiger partial charge in [-0.15, -0.1) is 0 Å². The van der Waals surface area contributed by atoms with Crippen LogP contribution in [0.25, 0.3) is 10.8 Å². The number of fused-ring (bicyclic) bond motifs is 2. The molecule has 0 bridgehead atoms. The molecule has 0 aliphatic carbocycles. The van der Waals surface area contributed by atoms with Gasteiger partial charge in [-0.05, 0) is 22.8 Å². The highest BCUT2D eigenvalue weighted by molar-refractivity contribution is 7.99. The number of amides is 1. The number of nitrogens with one attached hydrogen (secondary N) is 1. The van der Waals surface area contributed by atoms with Gasteiger partial charge in [-0.25, -0.2) is 0 Å². The molecule has 0 saturated heterocycles. The maximum absolute atomic E-state index is 12.9. The third kappa shape index (κ3) is 3.25. The Hall–Kier alpha value is -2.60. The lowest BCUT2D eigenvalue weighted by Gasteiger charge is -2.27. The van der Waals surface area contributed by atoms with Crippen molar-refractivity contribution in [2.24, 2.45) is 7.05 Å². The second-order valence-corrected chi connectivity index (χ2v) is 7.84. The van der Waals surface area contributed by atoms with Crippen LogP contribution >= 0.6 is 11.8 Å². The van der Waals surface area contributed by atoms with Gasteiger partial charge in [-0.1, -0.05) is 61.2 Å². The van der Waals surface area contributed by atoms with Crippen LogP contribution in [0.2, 0.25) is 0 Å². The Balaban J connectivity index is 1.86. The molecular formula is C21H21N3O2S. The van der Waals surface area contributed by atoms with Crippen LogP contribution in [0.15, 0.2) is 52.4 Å². The SMILES string of the molecule is CCCSc1nc(=O)c2c(n1C)NC(=O)CC2c1ccc2ccccc2c1. The molecule has 6 heteroatoms. The third-order valence-corrected chi connectivity index (χ3v) is 6.15. The van der Waals surface area contributed by atoms with E-state index in [-0.39, 0.29) is 23.8 Å². The Bertz CT molecular complexity index is 1090. The number of anilines is 1. The van der Waals surface area contributed by atoms with Crippen molar-refractivity contribution < 1.29 is 4.79 Å². The third-order valence-electron chi connectivity index (χ3n) is 4.91. The van der Waals surface area contributed by atoms with Crippen molar-refractivity contribution in [2.75, 3.05) is 11.1 Å². The highest BCUT2D eigenvalue weighted by Gasteiger charge is 2.32. The standard InChI is InChI=1S/C21H21N3O2S/c1-3-10-27-21-23-20(26)18-16(12-17(25)22-19(18)24(21)2)15-9-8-13-6-4-5-7-14(13)11-15/h4-9,11,16H,3,10,12H2,1-2H3,(H,22,25). The molecule has 1 N–H and O–H groups in total. The van der Waals surface area contributed by atoms with E-state index in [0.29, 0.717) is 16.5 Å². The Morgan fingerprint density at radius 3 is 2.74 bits per heavy atom.